The van der Waals surface area contributed by atoms with E-state index in [1.165, 1.54) is 0 Å². The summed E-state index contributed by atoms with van der Waals surface area (Å²) in [5.41, 5.74) is 17.1. The Hall–Kier alpha value is -7.90. The van der Waals surface area contributed by atoms with Gasteiger partial charge in [0.15, 0.2) is 0 Å². The van der Waals surface area contributed by atoms with Gasteiger partial charge in [-0.2, -0.15) is 23.5 Å². The Morgan fingerprint density at radius 3 is 1.48 bits per heavy atom. The minimum Gasteiger partial charge on any atom is -0.445 e. The minimum atomic E-state index is -1.32. The fourth-order valence-corrected chi connectivity index (χ4v) is 14.0. The Bertz CT molecular complexity index is 2900. The topological polar surface area (TPSA) is 465 Å². The molecule has 12 amide bonds. The lowest BCUT2D eigenvalue weighted by molar-refractivity contribution is -0.199. The summed E-state index contributed by atoms with van der Waals surface area (Å²) < 4.78 is 42.5. The van der Waals surface area contributed by atoms with Crippen molar-refractivity contribution in [2.24, 2.45) is 23.1 Å². The van der Waals surface area contributed by atoms with Crippen LogP contribution in [0.5, 0.6) is 0 Å². The van der Waals surface area contributed by atoms with Crippen LogP contribution in [0.25, 0.3) is 0 Å². The maximum Gasteiger partial charge on any atom is 0.408 e. The van der Waals surface area contributed by atoms with E-state index in [9.17, 15) is 57.5 Å². The highest BCUT2D eigenvalue weighted by Gasteiger charge is 2.44. The van der Waals surface area contributed by atoms with E-state index in [1.54, 1.807) is 30.3 Å². The lowest BCUT2D eigenvalue weighted by atomic mass is 9.94. The fraction of sp³-hybridized carbons (Fsp3) is 0.642. The highest BCUT2D eigenvalue weighted by Crippen LogP contribution is 2.40. The quantitative estimate of drug-likeness (QED) is 0.0250. The van der Waals surface area contributed by atoms with Crippen molar-refractivity contribution in [2.45, 2.75) is 150 Å². The molecule has 568 valence electrons. The predicted octanol–water partition coefficient (Wildman–Crippen LogP) is 1.00. The van der Waals surface area contributed by atoms with E-state index in [-0.39, 0.29) is 101 Å². The number of rotatable bonds is 48. The number of carbonyl (C=O) groups is 12. The average molecular weight is 1480 g/mol. The van der Waals surface area contributed by atoms with Crippen molar-refractivity contribution in [2.75, 3.05) is 117 Å². The Labute approximate surface area is 602 Å². The fourth-order valence-electron chi connectivity index (χ4n) is 10.8. The van der Waals surface area contributed by atoms with Gasteiger partial charge in [-0.3, -0.25) is 38.4 Å². The lowest BCUT2D eigenvalue weighted by Gasteiger charge is -2.19. The summed E-state index contributed by atoms with van der Waals surface area (Å²) in [7, 11) is 0. The third-order valence-corrected chi connectivity index (χ3v) is 19.1. The largest absolute Gasteiger partial charge is 0.445 e. The first kappa shape index (κ1) is 84.8. The molecule has 33 nitrogen and oxygen atoms in total. The SMILES string of the molecule is NC(=O)CCC(NC(=O)OCc1ccccc1)C(=O)NCCOCCOCCOCCNC(=O)CCCCC1SCC2NC(=O)CC21.NC(=O)CCC(NC(=O)OCc1ccccc1)C(=O)ON1C(=O)CCC1=O.NCCOCCOCCOCCNC(=O)CCCCC1SCC2NC(=O)NC21. The molecular weight excluding hydrogens is 1370 g/mol. The number of unbranched alkanes of at least 4 members (excludes halogenated alkanes) is 2. The van der Waals surface area contributed by atoms with Gasteiger partial charge in [0.1, 0.15) is 25.3 Å². The molecule has 0 saturated carbocycles. The summed E-state index contributed by atoms with van der Waals surface area (Å²) in [6.07, 6.45) is 5.15. The molecule has 5 fully saturated rings. The van der Waals surface area contributed by atoms with E-state index in [0.717, 1.165) is 61.2 Å². The number of imide groups is 1. The lowest BCUT2D eigenvalue weighted by Crippen LogP contribution is -2.48. The van der Waals surface area contributed by atoms with Gasteiger partial charge >= 0.3 is 24.2 Å². The standard InChI is InChI=1S/C32H49N5O9S.C18H34N4O5S.C17H19N3O7/c33-28(38)11-10-25(37-32(42)46-21-23-6-2-1-3-7-23)31(41)35-13-15-44-17-19-45-18-16-43-14-12-34-29(39)9-5-4-8-27-24-20-30(40)36-26(24)22-47-27;19-5-7-25-9-11-27-12-10-26-8-6-20-16(23)4-2-1-3-15-17-14(13-28-15)21-18(24)22-17;18-13(21)7-6-12(16(24)27-20-14(22)8-9-15(20)23)19-17(25)26-10-11-4-2-1-3-5-11/h1-3,6-7,24-27H,4-5,8-22H2,(H2,33,38)(H,34,39)(H,35,41)(H,36,40)(H,37,42);14-15,17H,1-13,19H2,(H,20,23)(H2,21,22,24);1-5,12H,6-10H2,(H2,18,21)(H,19,25). The van der Waals surface area contributed by atoms with E-state index >= 15 is 0 Å². The maximum absolute atomic E-state index is 12.6. The Morgan fingerprint density at radius 1 is 0.520 bits per heavy atom. The number of amides is 12. The Kier molecular flexibility index (Phi) is 41.9. The van der Waals surface area contributed by atoms with Crippen LogP contribution in [0.15, 0.2) is 60.7 Å². The molecule has 0 spiro atoms. The van der Waals surface area contributed by atoms with Crippen molar-refractivity contribution in [3.63, 3.8) is 0 Å². The van der Waals surface area contributed by atoms with Crippen LogP contribution in [-0.2, 0) is 99.1 Å². The summed E-state index contributed by atoms with van der Waals surface area (Å²) in [6.45, 7) is 6.85. The number of hydrogen-bond acceptors (Lipinski definition) is 24. The summed E-state index contributed by atoms with van der Waals surface area (Å²) >= 11 is 3.85. The molecule has 5 saturated heterocycles. The smallest absolute Gasteiger partial charge is 0.408 e. The van der Waals surface area contributed by atoms with Gasteiger partial charge in [0.2, 0.25) is 35.4 Å². The van der Waals surface area contributed by atoms with Crippen molar-refractivity contribution >= 4 is 95.0 Å². The Balaban J connectivity index is 0.000000293. The van der Waals surface area contributed by atoms with E-state index in [4.69, 9.17) is 59.9 Å². The number of nitrogens with zero attached hydrogens (tertiary/aromatic N) is 1. The molecule has 0 radical (unpaired) electrons. The number of alkyl carbamates (subject to hydrolysis) is 2. The zero-order valence-electron chi connectivity index (χ0n) is 57.7. The van der Waals surface area contributed by atoms with Crippen LogP contribution in [0.2, 0.25) is 0 Å². The normalized spacial score (nSPS) is 19.0. The average Bonchev–Trinajstić information content (AvgIpc) is 1.68. The first-order chi connectivity index (χ1) is 49.4. The number of benzene rings is 2. The van der Waals surface area contributed by atoms with E-state index in [0.29, 0.717) is 139 Å². The number of nitrogens with two attached hydrogens (primary N) is 3. The highest BCUT2D eigenvalue weighted by molar-refractivity contribution is 8.00. The molecule has 5 heterocycles. The molecule has 8 unspecified atom stereocenters. The first-order valence-electron chi connectivity index (χ1n) is 34.5. The minimum absolute atomic E-state index is 0.0200. The molecule has 2 aromatic carbocycles. The third kappa shape index (κ3) is 35.8. The van der Waals surface area contributed by atoms with Crippen molar-refractivity contribution < 1.29 is 100 Å². The molecule has 8 atom stereocenters. The second kappa shape index (κ2) is 50.5. The van der Waals surface area contributed by atoms with Crippen LogP contribution in [0.1, 0.15) is 107 Å². The number of thioether (sulfide) groups is 2. The highest BCUT2D eigenvalue weighted by atomic mass is 32.2. The molecule has 102 heavy (non-hydrogen) atoms. The van der Waals surface area contributed by atoms with Gasteiger partial charge in [0.05, 0.1) is 91.4 Å². The molecule has 0 aromatic heterocycles. The van der Waals surface area contributed by atoms with Gasteiger partial charge in [-0.25, -0.2) is 19.2 Å². The molecule has 5 aliphatic rings. The van der Waals surface area contributed by atoms with Crippen LogP contribution in [0.3, 0.4) is 0 Å². The molecule has 35 heteroatoms. The van der Waals surface area contributed by atoms with Crippen LogP contribution >= 0.6 is 23.5 Å². The van der Waals surface area contributed by atoms with Gasteiger partial charge in [-0.05, 0) is 49.7 Å². The molecule has 2 aromatic rings. The summed E-state index contributed by atoms with van der Waals surface area (Å²) in [6, 6.07) is 16.4. The number of nitrogens with one attached hydrogen (secondary N) is 8. The number of ether oxygens (including phenoxy) is 8. The van der Waals surface area contributed by atoms with Gasteiger partial charge in [0.25, 0.3) is 11.8 Å². The molecule has 7 rings (SSSR count). The summed E-state index contributed by atoms with van der Waals surface area (Å²) in [5, 5.41) is 23.5. The van der Waals surface area contributed by atoms with Crippen LogP contribution in [0, 0.1) is 5.92 Å². The number of urea groups is 1. The first-order valence-corrected chi connectivity index (χ1v) is 36.6. The van der Waals surface area contributed by atoms with Gasteiger partial charge in [-0.15, -0.1) is 5.06 Å². The van der Waals surface area contributed by atoms with Gasteiger partial charge in [0, 0.05) is 105 Å². The molecule has 0 aliphatic carbocycles. The van der Waals surface area contributed by atoms with Crippen molar-refractivity contribution in [3.05, 3.63) is 71.8 Å². The van der Waals surface area contributed by atoms with Gasteiger partial charge < -0.3 is 102 Å². The van der Waals surface area contributed by atoms with Crippen LogP contribution in [0.4, 0.5) is 14.4 Å². The molecular formula is C67H102N12O21S2. The molecule has 5 aliphatic heterocycles. The van der Waals surface area contributed by atoms with Crippen molar-refractivity contribution in [1.29, 1.82) is 0 Å². The second-order valence-corrected chi connectivity index (χ2v) is 26.5. The van der Waals surface area contributed by atoms with Crippen molar-refractivity contribution in [1.82, 2.24) is 47.6 Å². The van der Waals surface area contributed by atoms with E-state index in [2.05, 4.69) is 42.5 Å². The van der Waals surface area contributed by atoms with Crippen molar-refractivity contribution in [3.8, 4) is 0 Å². The van der Waals surface area contributed by atoms with Gasteiger partial charge in [-0.1, -0.05) is 73.5 Å². The Morgan fingerprint density at radius 2 is 0.971 bits per heavy atom. The predicted molar refractivity (Wildman–Crippen MR) is 373 cm³/mol. The van der Waals surface area contributed by atoms with E-state index in [1.807, 2.05) is 53.9 Å². The van der Waals surface area contributed by atoms with E-state index < -0.39 is 59.8 Å². The number of hydrogen-bond donors (Lipinski definition) is 11. The number of fused-ring (bicyclic) bond motifs is 2. The second-order valence-electron chi connectivity index (χ2n) is 24.0. The zero-order valence-corrected chi connectivity index (χ0v) is 59.3. The molecule has 0 bridgehead atoms. The zero-order chi connectivity index (χ0) is 73.5. The summed E-state index contributed by atoms with van der Waals surface area (Å²) in [4.78, 5) is 146. The third-order valence-electron chi connectivity index (χ3n) is 16.1. The summed E-state index contributed by atoms with van der Waals surface area (Å²) in [5.74, 6) is -1.47. The molecule has 14 N–H and O–H groups in total. The monoisotopic (exact) mass is 1470 g/mol. The maximum atomic E-state index is 12.6. The number of hydroxylamine groups is 2. The number of carbonyl (C=O) groups excluding carboxylic acids is 12. The number of primary amides is 2. The van der Waals surface area contributed by atoms with Crippen LogP contribution in [-0.4, -0.2) is 234 Å². The van der Waals surface area contributed by atoms with Crippen LogP contribution < -0.4 is 59.7 Å².